The third kappa shape index (κ3) is 5.31. The van der Waals surface area contributed by atoms with Crippen molar-refractivity contribution in [3.05, 3.63) is 181 Å². The lowest BCUT2D eigenvalue weighted by atomic mass is 9.35. The van der Waals surface area contributed by atoms with Crippen LogP contribution < -0.4 is 32.8 Å². The summed E-state index contributed by atoms with van der Waals surface area (Å²) >= 11 is 3.87. The van der Waals surface area contributed by atoms with E-state index in [0.29, 0.717) is 0 Å². The van der Waals surface area contributed by atoms with E-state index >= 15 is 0 Å². The molecule has 0 spiro atoms. The van der Waals surface area contributed by atoms with Crippen LogP contribution in [-0.4, -0.2) is 22.6 Å². The van der Waals surface area contributed by atoms with E-state index in [1.807, 2.05) is 23.5 Å². The maximum atomic E-state index is 2.64. The van der Waals surface area contributed by atoms with Gasteiger partial charge in [-0.05, 0) is 115 Å². The van der Waals surface area contributed by atoms with E-state index in [9.17, 15) is 0 Å². The van der Waals surface area contributed by atoms with Crippen LogP contribution in [0, 0.1) is 0 Å². The predicted molar refractivity (Wildman–Crippen MR) is 294 cm³/mol. The largest absolute Gasteiger partial charge is 0.310 e. The minimum Gasteiger partial charge on any atom is -0.310 e. The minimum atomic E-state index is 0.101. The highest BCUT2D eigenvalue weighted by Crippen LogP contribution is 2.45. The van der Waals surface area contributed by atoms with Crippen LogP contribution in [0.2, 0.25) is 0 Å². The van der Waals surface area contributed by atoms with Gasteiger partial charge >= 0.3 is 0 Å². The van der Waals surface area contributed by atoms with Gasteiger partial charge in [-0.1, -0.05) is 197 Å². The van der Waals surface area contributed by atoms with Gasteiger partial charge in [0, 0.05) is 52.5 Å². The van der Waals surface area contributed by atoms with Gasteiger partial charge in [-0.25, -0.2) is 0 Å². The molecule has 6 heteroatoms. The van der Waals surface area contributed by atoms with Gasteiger partial charge in [0.2, 0.25) is 13.4 Å². The van der Waals surface area contributed by atoms with Crippen LogP contribution >= 0.6 is 23.5 Å². The van der Waals surface area contributed by atoms with E-state index in [0.717, 1.165) is 0 Å². The molecule has 0 atom stereocenters. The average molecular weight is 905 g/mol. The lowest BCUT2D eigenvalue weighted by Gasteiger charge is -2.33. The van der Waals surface area contributed by atoms with Gasteiger partial charge in [-0.2, -0.15) is 0 Å². The molecular weight excluding hydrogens is 858 g/mol. The summed E-state index contributed by atoms with van der Waals surface area (Å²) in [6, 6.07) is 66.1. The van der Waals surface area contributed by atoms with Crippen molar-refractivity contribution < 1.29 is 0 Å². The summed E-state index contributed by atoms with van der Waals surface area (Å²) in [5.74, 6) is 0. The summed E-state index contributed by atoms with van der Waals surface area (Å²) in [6.45, 7) is 14.0. The smallest absolute Gasteiger partial charge is 0.249 e. The monoisotopic (exact) mass is 904 g/mol. The molecule has 6 heterocycles. The Morgan fingerprint density at radius 2 is 0.765 bits per heavy atom. The normalized spacial score (nSPS) is 14.1. The SMILES string of the molecule is CC(C)(C)c1ccc(-c2ccc3c(c2)B2c4ccccc4Sc4ccc5c6cc7c8ccc9c%10c8n(c7cc6n-3c5c42)-c2ccc(-c3ccc(C(C)(C)C)cc3)cc2B%10c2ccccc2S9)cc1. The van der Waals surface area contributed by atoms with Crippen LogP contribution in [0.1, 0.15) is 52.7 Å². The standard InChI is InChI=1S/C62H46B2N2S2/c1-61(2,3)39-21-15-35(16-22-39)37-19-27-49-47(31-37)63-45-11-7-9-13-53(45)67-55-29-25-41-43-33-44-42-26-30-56-58-60(42)66(52(44)34-51(43)65(49)59(41)57(55)63)50-28-20-38(36-17-23-40(24-18-36)62(4,5)6)32-48(50)64(58)46-12-8-10-14-54(46)68-56/h7-34H,1-6H3. The molecule has 2 nitrogen and oxygen atoms in total. The predicted octanol–water partition coefficient (Wildman–Crippen LogP) is 12.4. The number of hydrogen-bond donors (Lipinski definition) is 0. The van der Waals surface area contributed by atoms with Crippen molar-refractivity contribution in [2.45, 2.75) is 72.0 Å². The number of fused-ring (bicyclic) bond motifs is 16. The van der Waals surface area contributed by atoms with Crippen molar-refractivity contribution >= 4 is 113 Å². The van der Waals surface area contributed by atoms with Crippen molar-refractivity contribution in [3.8, 4) is 33.6 Å². The first-order valence-corrected chi connectivity index (χ1v) is 25.8. The van der Waals surface area contributed by atoms with Crippen molar-refractivity contribution in [3.63, 3.8) is 0 Å². The summed E-state index contributed by atoms with van der Waals surface area (Å²) in [6.07, 6.45) is 0. The quantitative estimate of drug-likeness (QED) is 0.160. The molecule has 0 aliphatic carbocycles. The zero-order chi connectivity index (χ0) is 45.5. The van der Waals surface area contributed by atoms with Crippen molar-refractivity contribution in [2.24, 2.45) is 0 Å². The molecule has 0 bridgehead atoms. The second-order valence-electron chi connectivity index (χ2n) is 21.7. The number of rotatable bonds is 2. The number of benzene rings is 9. The van der Waals surface area contributed by atoms with Gasteiger partial charge in [0.15, 0.2) is 0 Å². The molecule has 0 amide bonds. The molecule has 4 aliphatic rings. The number of aromatic nitrogens is 2. The molecule has 2 aromatic heterocycles. The van der Waals surface area contributed by atoms with Crippen LogP contribution in [0.4, 0.5) is 0 Å². The molecule has 322 valence electrons. The zero-order valence-electron chi connectivity index (χ0n) is 39.0. The molecule has 68 heavy (non-hydrogen) atoms. The van der Waals surface area contributed by atoms with Gasteiger partial charge < -0.3 is 9.13 Å². The molecular formula is C62H46B2N2S2. The van der Waals surface area contributed by atoms with Crippen molar-refractivity contribution in [1.29, 1.82) is 0 Å². The first-order valence-electron chi connectivity index (χ1n) is 24.1. The summed E-state index contributed by atoms with van der Waals surface area (Å²) in [4.78, 5) is 5.43. The fraction of sp³-hybridized carbons (Fsp3) is 0.129. The molecule has 0 N–H and O–H groups in total. The van der Waals surface area contributed by atoms with Gasteiger partial charge in [0.25, 0.3) is 0 Å². The Kier molecular flexibility index (Phi) is 7.86. The molecule has 0 saturated heterocycles. The minimum absolute atomic E-state index is 0.101. The third-order valence-corrected chi connectivity index (χ3v) is 18.1. The summed E-state index contributed by atoms with van der Waals surface area (Å²) < 4.78 is 5.28. The zero-order valence-corrected chi connectivity index (χ0v) is 40.7. The highest BCUT2D eigenvalue weighted by Gasteiger charge is 2.42. The second kappa shape index (κ2) is 13.6. The van der Waals surface area contributed by atoms with Crippen LogP contribution in [0.25, 0.3) is 77.2 Å². The van der Waals surface area contributed by atoms with Gasteiger partial charge in [-0.15, -0.1) is 0 Å². The lowest BCUT2D eigenvalue weighted by molar-refractivity contribution is 0.590. The molecule has 0 unspecified atom stereocenters. The average Bonchev–Trinajstić information content (AvgIpc) is 3.86. The number of hydrogen-bond acceptors (Lipinski definition) is 2. The second-order valence-corrected chi connectivity index (χ2v) is 23.8. The maximum Gasteiger partial charge on any atom is 0.249 e. The fourth-order valence-corrected chi connectivity index (χ4v) is 14.7. The Balaban J connectivity index is 1.01. The maximum absolute atomic E-state index is 2.64. The lowest BCUT2D eigenvalue weighted by Crippen LogP contribution is -2.58. The van der Waals surface area contributed by atoms with Crippen LogP contribution in [-0.2, 0) is 10.8 Å². The Labute approximate surface area is 406 Å². The first-order chi connectivity index (χ1) is 33.0. The molecule has 0 radical (unpaired) electrons. The highest BCUT2D eigenvalue weighted by atomic mass is 32.2. The molecule has 11 aromatic rings. The first kappa shape index (κ1) is 39.4. The number of nitrogens with zero attached hydrogens (tertiary/aromatic N) is 2. The van der Waals surface area contributed by atoms with E-state index < -0.39 is 0 Å². The van der Waals surface area contributed by atoms with E-state index in [-0.39, 0.29) is 24.3 Å². The van der Waals surface area contributed by atoms with Crippen molar-refractivity contribution in [1.82, 2.24) is 9.13 Å². The van der Waals surface area contributed by atoms with E-state index in [2.05, 4.69) is 221 Å². The van der Waals surface area contributed by atoms with Crippen molar-refractivity contribution in [2.75, 3.05) is 0 Å². The Hall–Kier alpha value is -6.59. The molecule has 4 aliphatic heterocycles. The molecule has 0 saturated carbocycles. The third-order valence-electron chi connectivity index (χ3n) is 15.8. The summed E-state index contributed by atoms with van der Waals surface area (Å²) in [5.41, 5.74) is 24.2. The van der Waals surface area contributed by atoms with E-state index in [1.54, 1.807) is 0 Å². The Morgan fingerprint density at radius 3 is 1.19 bits per heavy atom. The summed E-state index contributed by atoms with van der Waals surface area (Å²) in [7, 11) is 0. The summed E-state index contributed by atoms with van der Waals surface area (Å²) in [5, 5.41) is 5.29. The van der Waals surface area contributed by atoms with Crippen LogP contribution in [0.5, 0.6) is 0 Å². The van der Waals surface area contributed by atoms with Gasteiger partial charge in [0.1, 0.15) is 0 Å². The Bertz CT molecular complexity index is 3790. The van der Waals surface area contributed by atoms with Crippen LogP contribution in [0.15, 0.2) is 189 Å². The van der Waals surface area contributed by atoms with Gasteiger partial charge in [-0.3, -0.25) is 0 Å². The van der Waals surface area contributed by atoms with Crippen LogP contribution in [0.3, 0.4) is 0 Å². The topological polar surface area (TPSA) is 9.86 Å². The fourth-order valence-electron chi connectivity index (χ4n) is 12.4. The van der Waals surface area contributed by atoms with E-state index in [1.165, 1.54) is 141 Å². The van der Waals surface area contributed by atoms with Gasteiger partial charge in [0.05, 0.1) is 22.1 Å². The molecule has 9 aromatic carbocycles. The highest BCUT2D eigenvalue weighted by molar-refractivity contribution is 8.00. The molecule has 0 fully saturated rings. The van der Waals surface area contributed by atoms with E-state index in [4.69, 9.17) is 0 Å². The Morgan fingerprint density at radius 1 is 0.353 bits per heavy atom. The molecule has 15 rings (SSSR count).